The van der Waals surface area contributed by atoms with Crippen LogP contribution in [-0.2, 0) is 11.5 Å². The molecule has 140 valence electrons. The summed E-state index contributed by atoms with van der Waals surface area (Å²) in [7, 11) is 1.50. The molecule has 0 unspecified atom stereocenters. The van der Waals surface area contributed by atoms with Crippen molar-refractivity contribution in [2.24, 2.45) is 0 Å². The van der Waals surface area contributed by atoms with Gasteiger partial charge in [-0.1, -0.05) is 23.7 Å². The fourth-order valence-electron chi connectivity index (χ4n) is 2.31. The number of nitrogens with one attached hydrogen (secondary N) is 1. The van der Waals surface area contributed by atoms with Crippen molar-refractivity contribution in [2.45, 2.75) is 11.5 Å². The van der Waals surface area contributed by atoms with Crippen molar-refractivity contribution < 1.29 is 13.9 Å². The summed E-state index contributed by atoms with van der Waals surface area (Å²) in [5.74, 6) is 1.35. The summed E-state index contributed by atoms with van der Waals surface area (Å²) >= 11 is 9.00. The second-order valence-electron chi connectivity index (χ2n) is 5.56. The van der Waals surface area contributed by atoms with Crippen molar-refractivity contribution in [3.05, 3.63) is 75.5 Å². The first kappa shape index (κ1) is 19.7. The van der Waals surface area contributed by atoms with E-state index < -0.39 is 0 Å². The number of thiazole rings is 1. The van der Waals surface area contributed by atoms with Crippen LogP contribution >= 0.6 is 34.7 Å². The number of hydrogen-bond acceptors (Lipinski definition) is 5. The lowest BCUT2D eigenvalue weighted by Crippen LogP contribution is -2.13. The van der Waals surface area contributed by atoms with Crippen molar-refractivity contribution in [2.75, 3.05) is 12.4 Å². The molecule has 0 aliphatic heterocycles. The van der Waals surface area contributed by atoms with Crippen molar-refractivity contribution in [3.8, 4) is 5.75 Å². The van der Waals surface area contributed by atoms with E-state index in [-0.39, 0.29) is 11.7 Å². The second kappa shape index (κ2) is 9.21. The summed E-state index contributed by atoms with van der Waals surface area (Å²) in [5.41, 5.74) is 2.28. The number of nitrogens with zero attached hydrogens (tertiary/aromatic N) is 1. The lowest BCUT2D eigenvalue weighted by atomic mass is 10.2. The van der Waals surface area contributed by atoms with E-state index in [1.54, 1.807) is 42.1 Å². The predicted molar refractivity (Wildman–Crippen MR) is 109 cm³/mol. The maximum absolute atomic E-state index is 12.9. The quantitative estimate of drug-likeness (QED) is 0.536. The summed E-state index contributed by atoms with van der Waals surface area (Å²) in [6.07, 6.45) is 0. The predicted octanol–water partition coefficient (Wildman–Crippen LogP) is 5.63. The third-order valence-electron chi connectivity index (χ3n) is 3.61. The number of carbonyl (C=O) groups is 1. The molecule has 0 radical (unpaired) electrons. The first-order valence-corrected chi connectivity index (χ1v) is 10.4. The van der Waals surface area contributed by atoms with Gasteiger partial charge in [-0.05, 0) is 35.9 Å². The Morgan fingerprint density at radius 1 is 1.26 bits per heavy atom. The molecule has 1 amide bonds. The van der Waals surface area contributed by atoms with Crippen molar-refractivity contribution in [1.29, 1.82) is 0 Å². The minimum atomic E-state index is -0.325. The molecule has 0 atom stereocenters. The van der Waals surface area contributed by atoms with E-state index in [1.807, 2.05) is 5.38 Å². The Balaban J connectivity index is 1.57. The zero-order valence-electron chi connectivity index (χ0n) is 14.4. The molecule has 1 heterocycles. The molecule has 1 N–H and O–H groups in total. The standard InChI is InChI=1S/C19H16ClFN2O2S2/c1-25-17-7-4-13(20)8-16(17)18(24)23-19-22-15(11-27-19)10-26-9-12-2-5-14(21)6-3-12/h2-8,11H,9-10H2,1H3,(H,22,23,24). The van der Waals surface area contributed by atoms with Gasteiger partial charge in [0.2, 0.25) is 0 Å². The van der Waals surface area contributed by atoms with Crippen LogP contribution in [0.1, 0.15) is 21.6 Å². The van der Waals surface area contributed by atoms with E-state index in [1.165, 1.54) is 30.6 Å². The van der Waals surface area contributed by atoms with Crippen molar-refractivity contribution >= 4 is 45.7 Å². The fraction of sp³-hybridized carbons (Fsp3) is 0.158. The number of amides is 1. The van der Waals surface area contributed by atoms with Gasteiger partial charge in [0, 0.05) is 21.9 Å². The summed E-state index contributed by atoms with van der Waals surface area (Å²) in [5, 5.41) is 5.65. The van der Waals surface area contributed by atoms with Crippen molar-refractivity contribution in [1.82, 2.24) is 4.98 Å². The number of methoxy groups -OCH3 is 1. The van der Waals surface area contributed by atoms with Gasteiger partial charge in [0.15, 0.2) is 5.13 Å². The van der Waals surface area contributed by atoms with E-state index >= 15 is 0 Å². The minimum Gasteiger partial charge on any atom is -0.496 e. The van der Waals surface area contributed by atoms with Crippen LogP contribution in [-0.4, -0.2) is 18.0 Å². The average molecular weight is 423 g/mol. The maximum Gasteiger partial charge on any atom is 0.261 e. The molecule has 0 bridgehead atoms. The fourth-order valence-corrected chi connectivity index (χ4v) is 4.18. The highest BCUT2D eigenvalue weighted by atomic mass is 35.5. The van der Waals surface area contributed by atoms with Gasteiger partial charge in [0.1, 0.15) is 11.6 Å². The third kappa shape index (κ3) is 5.45. The van der Waals surface area contributed by atoms with Crippen LogP contribution in [0, 0.1) is 5.82 Å². The van der Waals surface area contributed by atoms with Gasteiger partial charge in [-0.25, -0.2) is 9.37 Å². The molecular weight excluding hydrogens is 407 g/mol. The van der Waals surface area contributed by atoms with Crippen LogP contribution in [0.15, 0.2) is 47.8 Å². The summed E-state index contributed by atoms with van der Waals surface area (Å²) in [6.45, 7) is 0. The minimum absolute atomic E-state index is 0.236. The Labute approximate surface area is 169 Å². The summed E-state index contributed by atoms with van der Waals surface area (Å²) in [4.78, 5) is 16.9. The van der Waals surface area contributed by atoms with Crippen LogP contribution in [0.4, 0.5) is 9.52 Å². The number of carbonyl (C=O) groups excluding carboxylic acids is 1. The van der Waals surface area contributed by atoms with Crippen LogP contribution < -0.4 is 10.1 Å². The van der Waals surface area contributed by atoms with E-state index in [0.717, 1.165) is 17.0 Å². The highest BCUT2D eigenvalue weighted by Crippen LogP contribution is 2.26. The van der Waals surface area contributed by atoms with Gasteiger partial charge >= 0.3 is 0 Å². The zero-order chi connectivity index (χ0) is 19.2. The molecule has 3 aromatic rings. The average Bonchev–Trinajstić information content (AvgIpc) is 3.10. The van der Waals surface area contributed by atoms with Gasteiger partial charge in [0.25, 0.3) is 5.91 Å². The normalized spacial score (nSPS) is 10.6. The molecule has 0 aliphatic rings. The molecule has 1 aromatic heterocycles. The highest BCUT2D eigenvalue weighted by Gasteiger charge is 2.15. The van der Waals surface area contributed by atoms with Gasteiger partial charge in [-0.3, -0.25) is 10.1 Å². The Hall–Kier alpha value is -2.09. The van der Waals surface area contributed by atoms with Crippen LogP contribution in [0.2, 0.25) is 5.02 Å². The molecule has 27 heavy (non-hydrogen) atoms. The molecular formula is C19H16ClFN2O2S2. The topological polar surface area (TPSA) is 51.2 Å². The van der Waals surface area contributed by atoms with Crippen LogP contribution in [0.3, 0.4) is 0 Å². The van der Waals surface area contributed by atoms with Crippen LogP contribution in [0.5, 0.6) is 5.75 Å². The molecule has 0 aliphatic carbocycles. The molecule has 0 fully saturated rings. The Morgan fingerprint density at radius 2 is 2.04 bits per heavy atom. The van der Waals surface area contributed by atoms with E-state index in [0.29, 0.717) is 27.2 Å². The van der Waals surface area contributed by atoms with Gasteiger partial charge in [-0.15, -0.1) is 11.3 Å². The molecule has 0 saturated carbocycles. The van der Waals surface area contributed by atoms with E-state index in [2.05, 4.69) is 10.3 Å². The number of ether oxygens (including phenoxy) is 1. The van der Waals surface area contributed by atoms with Crippen molar-refractivity contribution in [3.63, 3.8) is 0 Å². The number of aromatic nitrogens is 1. The monoisotopic (exact) mass is 422 g/mol. The lowest BCUT2D eigenvalue weighted by molar-refractivity contribution is 0.102. The van der Waals surface area contributed by atoms with E-state index in [9.17, 15) is 9.18 Å². The zero-order valence-corrected chi connectivity index (χ0v) is 16.8. The second-order valence-corrected chi connectivity index (χ2v) is 7.84. The highest BCUT2D eigenvalue weighted by molar-refractivity contribution is 7.97. The Kier molecular flexibility index (Phi) is 6.71. The number of hydrogen-bond donors (Lipinski definition) is 1. The SMILES string of the molecule is COc1ccc(Cl)cc1C(=O)Nc1nc(CSCc2ccc(F)cc2)cs1. The van der Waals surface area contributed by atoms with E-state index in [4.69, 9.17) is 16.3 Å². The van der Waals surface area contributed by atoms with Gasteiger partial charge < -0.3 is 4.74 Å². The number of anilines is 1. The largest absolute Gasteiger partial charge is 0.496 e. The first-order chi connectivity index (χ1) is 13.0. The Morgan fingerprint density at radius 3 is 2.78 bits per heavy atom. The Bertz CT molecular complexity index is 932. The van der Waals surface area contributed by atoms with Crippen LogP contribution in [0.25, 0.3) is 0 Å². The number of benzene rings is 2. The molecule has 4 nitrogen and oxygen atoms in total. The maximum atomic E-state index is 12.9. The molecule has 2 aromatic carbocycles. The smallest absolute Gasteiger partial charge is 0.261 e. The first-order valence-electron chi connectivity index (χ1n) is 7.96. The molecule has 8 heteroatoms. The summed E-state index contributed by atoms with van der Waals surface area (Å²) in [6, 6.07) is 11.3. The lowest BCUT2D eigenvalue weighted by Gasteiger charge is -2.08. The number of rotatable bonds is 7. The molecule has 0 saturated heterocycles. The van der Waals surface area contributed by atoms with Gasteiger partial charge in [0.05, 0.1) is 18.4 Å². The van der Waals surface area contributed by atoms with Gasteiger partial charge in [-0.2, -0.15) is 11.8 Å². The third-order valence-corrected chi connectivity index (χ3v) is 5.69. The molecule has 3 rings (SSSR count). The number of thioether (sulfide) groups is 1. The molecule has 0 spiro atoms. The summed E-state index contributed by atoms with van der Waals surface area (Å²) < 4.78 is 18.1. The number of halogens is 2.